The molecule has 46 heavy (non-hydrogen) atoms. The molecule has 1 aromatic carbocycles. The van der Waals surface area contributed by atoms with Crippen LogP contribution in [0.5, 0.6) is 11.5 Å². The van der Waals surface area contributed by atoms with E-state index in [-0.39, 0.29) is 12.5 Å². The summed E-state index contributed by atoms with van der Waals surface area (Å²) in [5.74, 6) is 1.56. The highest BCUT2D eigenvalue weighted by Crippen LogP contribution is 2.34. The van der Waals surface area contributed by atoms with Crippen molar-refractivity contribution in [3.63, 3.8) is 0 Å². The van der Waals surface area contributed by atoms with Crippen molar-refractivity contribution in [3.05, 3.63) is 52.8 Å². The summed E-state index contributed by atoms with van der Waals surface area (Å²) in [7, 11) is 3.29. The molecule has 3 aromatic rings. The molecule has 3 rings (SSSR count). The number of thiazole rings is 1. The standard InChI is InChI=1S/C28H38N6O3S.C4H10O2.C2H6/c1-7-20(17-35)9-11-30-26-25(27-33-24(16-29-8-2)19(4)38-27)18(3)32-28(34-26)31-12-10-21-13-22(36-5)15-23(14-21)37-6;1-3-4(2,5)6;1-2/h8,13-16,20,35H,2,7,9-12,17H2,1,3-6H3,(H2,30,31,32,34);5-6H,3H2,1-2H3;1-2H3. The van der Waals surface area contributed by atoms with Gasteiger partial charge in [0.15, 0.2) is 5.79 Å². The van der Waals surface area contributed by atoms with Crippen LogP contribution in [0.2, 0.25) is 0 Å². The molecule has 11 nitrogen and oxygen atoms in total. The van der Waals surface area contributed by atoms with Gasteiger partial charge in [0.05, 0.1) is 37.4 Å². The van der Waals surface area contributed by atoms with E-state index in [2.05, 4.69) is 29.1 Å². The first-order valence-electron chi connectivity index (χ1n) is 15.7. The van der Waals surface area contributed by atoms with Crippen molar-refractivity contribution in [3.8, 4) is 22.1 Å². The lowest BCUT2D eigenvalue weighted by atomic mass is 10.0. The third kappa shape index (κ3) is 13.8. The zero-order chi connectivity index (χ0) is 34.7. The van der Waals surface area contributed by atoms with Crippen LogP contribution >= 0.6 is 11.3 Å². The highest BCUT2D eigenvalue weighted by Gasteiger charge is 2.19. The average Bonchev–Trinajstić information content (AvgIpc) is 3.41. The minimum absolute atomic E-state index is 0.174. The minimum atomic E-state index is -1.46. The summed E-state index contributed by atoms with van der Waals surface area (Å²) in [6, 6.07) is 5.85. The largest absolute Gasteiger partial charge is 0.497 e. The number of hydrogen-bond donors (Lipinski definition) is 5. The molecule has 0 amide bonds. The molecule has 1 atom stereocenters. The molecule has 0 radical (unpaired) electrons. The van der Waals surface area contributed by atoms with Crippen molar-refractivity contribution in [2.75, 3.05) is 44.5 Å². The van der Waals surface area contributed by atoms with Gasteiger partial charge < -0.3 is 35.4 Å². The summed E-state index contributed by atoms with van der Waals surface area (Å²) >= 11 is 1.58. The number of hydrogen-bond acceptors (Lipinski definition) is 12. The van der Waals surface area contributed by atoms with E-state index in [0.717, 1.165) is 69.0 Å². The average molecular weight is 659 g/mol. The lowest BCUT2D eigenvalue weighted by molar-refractivity contribution is -0.145. The van der Waals surface area contributed by atoms with Crippen molar-refractivity contribution in [2.45, 2.75) is 79.9 Å². The second-order valence-electron chi connectivity index (χ2n) is 10.4. The molecular formula is C34H54N6O5S. The molecule has 0 aliphatic carbocycles. The molecule has 12 heteroatoms. The number of rotatable bonds is 16. The third-order valence-electron chi connectivity index (χ3n) is 6.90. The molecule has 2 aromatic heterocycles. The summed E-state index contributed by atoms with van der Waals surface area (Å²) in [5.41, 5.74) is 3.58. The maximum atomic E-state index is 9.60. The first-order valence-corrected chi connectivity index (χ1v) is 16.6. The number of aliphatic imine (C=N–C) groups is 1. The van der Waals surface area contributed by atoms with Gasteiger partial charge in [0.1, 0.15) is 22.3 Å². The monoisotopic (exact) mass is 658 g/mol. The number of aryl methyl sites for hydroxylation is 2. The molecule has 0 spiro atoms. The fourth-order valence-corrected chi connectivity index (χ4v) is 4.93. The first-order chi connectivity index (χ1) is 22.0. The van der Waals surface area contributed by atoms with E-state index in [9.17, 15) is 5.11 Å². The summed E-state index contributed by atoms with van der Waals surface area (Å²) in [4.78, 5) is 19.6. The van der Waals surface area contributed by atoms with E-state index < -0.39 is 5.79 Å². The van der Waals surface area contributed by atoms with Gasteiger partial charge in [-0.3, -0.25) is 4.99 Å². The van der Waals surface area contributed by atoms with Crippen molar-refractivity contribution in [1.82, 2.24) is 15.0 Å². The van der Waals surface area contributed by atoms with Gasteiger partial charge >= 0.3 is 0 Å². The number of aliphatic hydroxyl groups excluding tert-OH is 1. The molecule has 0 fully saturated rings. The number of methoxy groups -OCH3 is 2. The number of nitrogens with zero attached hydrogens (tertiary/aromatic N) is 4. The van der Waals surface area contributed by atoms with Crippen molar-refractivity contribution in [2.24, 2.45) is 10.9 Å². The zero-order valence-corrected chi connectivity index (χ0v) is 29.8. The molecule has 5 N–H and O–H groups in total. The third-order valence-corrected chi connectivity index (χ3v) is 7.90. The maximum absolute atomic E-state index is 9.60. The van der Waals surface area contributed by atoms with Gasteiger partial charge in [-0.25, -0.2) is 9.97 Å². The van der Waals surface area contributed by atoms with E-state index in [1.807, 2.05) is 45.9 Å². The number of nitrogens with one attached hydrogen (secondary N) is 2. The van der Waals surface area contributed by atoms with Crippen LogP contribution in [-0.2, 0) is 6.42 Å². The van der Waals surface area contributed by atoms with Crippen LogP contribution < -0.4 is 20.1 Å². The number of anilines is 2. The van der Waals surface area contributed by atoms with Crippen LogP contribution in [0, 0.1) is 19.8 Å². The summed E-state index contributed by atoms with van der Waals surface area (Å²) in [6.07, 6.45) is 6.09. The lowest BCUT2D eigenvalue weighted by Crippen LogP contribution is -2.20. The molecule has 256 valence electrons. The Morgan fingerprint density at radius 2 is 1.65 bits per heavy atom. The van der Waals surface area contributed by atoms with Crippen LogP contribution in [0.1, 0.15) is 75.7 Å². The van der Waals surface area contributed by atoms with Crippen molar-refractivity contribution in [1.29, 1.82) is 0 Å². The Balaban J connectivity index is 0.00000118. The Labute approximate surface area is 278 Å². The van der Waals surface area contributed by atoms with Crippen LogP contribution in [0.3, 0.4) is 0 Å². The van der Waals surface area contributed by atoms with E-state index in [1.54, 1.807) is 38.7 Å². The van der Waals surface area contributed by atoms with E-state index in [1.165, 1.54) is 13.1 Å². The van der Waals surface area contributed by atoms with Gasteiger partial charge in [-0.1, -0.05) is 40.7 Å². The van der Waals surface area contributed by atoms with Crippen molar-refractivity contribution < 1.29 is 24.8 Å². The van der Waals surface area contributed by atoms with Gasteiger partial charge in [-0.15, -0.1) is 11.3 Å². The van der Waals surface area contributed by atoms with Gasteiger partial charge in [-0.05, 0) is 63.6 Å². The maximum Gasteiger partial charge on any atom is 0.224 e. The molecule has 0 aliphatic heterocycles. The fraction of sp³-hybridized carbons (Fsp3) is 0.529. The lowest BCUT2D eigenvalue weighted by Gasteiger charge is -2.16. The van der Waals surface area contributed by atoms with Crippen molar-refractivity contribution >= 4 is 29.3 Å². The van der Waals surface area contributed by atoms with E-state index >= 15 is 0 Å². The molecule has 0 aliphatic rings. The number of aliphatic hydroxyl groups is 3. The van der Waals surface area contributed by atoms with Crippen LogP contribution in [0.4, 0.5) is 11.8 Å². The van der Waals surface area contributed by atoms with E-state index in [0.29, 0.717) is 25.5 Å². The Kier molecular flexibility index (Phi) is 18.7. The predicted octanol–water partition coefficient (Wildman–Crippen LogP) is 6.40. The number of benzene rings is 1. The van der Waals surface area contributed by atoms with Crippen LogP contribution in [-0.4, -0.2) is 76.2 Å². The molecule has 0 saturated carbocycles. The molecule has 0 bridgehead atoms. The Morgan fingerprint density at radius 3 is 2.17 bits per heavy atom. The topological polar surface area (TPSA) is 154 Å². The highest BCUT2D eigenvalue weighted by atomic mass is 32.1. The van der Waals surface area contributed by atoms with Gasteiger partial charge in [-0.2, -0.15) is 4.98 Å². The summed E-state index contributed by atoms with van der Waals surface area (Å²) < 4.78 is 10.8. The van der Waals surface area contributed by atoms with Gasteiger partial charge in [0.25, 0.3) is 0 Å². The smallest absolute Gasteiger partial charge is 0.224 e. The van der Waals surface area contributed by atoms with Gasteiger partial charge in [0, 0.05) is 36.8 Å². The second-order valence-corrected chi connectivity index (χ2v) is 11.6. The number of ether oxygens (including phenoxy) is 2. The zero-order valence-electron chi connectivity index (χ0n) is 29.0. The molecule has 1 unspecified atom stereocenters. The van der Waals surface area contributed by atoms with Crippen LogP contribution in [0.25, 0.3) is 10.6 Å². The van der Waals surface area contributed by atoms with E-state index in [4.69, 9.17) is 34.6 Å². The predicted molar refractivity (Wildman–Crippen MR) is 191 cm³/mol. The number of aromatic nitrogens is 3. The first kappa shape index (κ1) is 40.4. The van der Waals surface area contributed by atoms with Gasteiger partial charge in [0.2, 0.25) is 5.95 Å². The minimum Gasteiger partial charge on any atom is -0.497 e. The Morgan fingerprint density at radius 1 is 1.02 bits per heavy atom. The Bertz CT molecular complexity index is 1330. The summed E-state index contributed by atoms with van der Waals surface area (Å²) in [5, 5.41) is 34.0. The summed E-state index contributed by atoms with van der Waals surface area (Å²) in [6.45, 7) is 18.3. The molecule has 0 saturated heterocycles. The fourth-order valence-electron chi connectivity index (χ4n) is 3.94. The quantitative estimate of drug-likeness (QED) is 0.0863. The second kappa shape index (κ2) is 21.3. The molecular weight excluding hydrogens is 604 g/mol. The molecule has 2 heterocycles. The van der Waals surface area contributed by atoms with Crippen LogP contribution in [0.15, 0.2) is 36.0 Å². The normalized spacial score (nSPS) is 11.6. The SMILES string of the molecule is C=CN=Cc1nc(-c2c(C)nc(NCCc3cc(OC)cc(OC)c3)nc2NCCC(CC)CO)sc1C.CC.CCC(C)(O)O. The highest BCUT2D eigenvalue weighted by molar-refractivity contribution is 7.15. The Hall–Kier alpha value is -3.58.